The molecule has 9 heteroatoms. The largest absolute Gasteiger partial charge is 0.491 e. The van der Waals surface area contributed by atoms with E-state index in [0.717, 1.165) is 16.9 Å². The highest BCUT2D eigenvalue weighted by atomic mass is 19.3. The molecular formula is C21H26F3N3O3. The fourth-order valence-electron chi connectivity index (χ4n) is 2.67. The number of benzene rings is 2. The molecule has 6 nitrogen and oxygen atoms in total. The number of hydrogen-bond donors (Lipinski definition) is 2. The Morgan fingerprint density at radius 2 is 1.83 bits per heavy atom. The van der Waals surface area contributed by atoms with Gasteiger partial charge in [0.05, 0.1) is 6.61 Å². The van der Waals surface area contributed by atoms with Crippen LogP contribution in [0.1, 0.15) is 16.7 Å². The van der Waals surface area contributed by atoms with Crippen LogP contribution in [0.4, 0.5) is 13.2 Å². The maximum atomic E-state index is 14.1. The molecule has 0 aromatic heterocycles. The number of methoxy groups -OCH3 is 1. The van der Waals surface area contributed by atoms with Crippen molar-refractivity contribution in [1.29, 1.82) is 0 Å². The average molecular weight is 425 g/mol. The van der Waals surface area contributed by atoms with Crippen molar-refractivity contribution in [2.24, 2.45) is 4.99 Å². The predicted molar refractivity (Wildman–Crippen MR) is 109 cm³/mol. The Balaban J connectivity index is 2.01. The minimum atomic E-state index is -3.04. The number of ether oxygens (including phenoxy) is 3. The van der Waals surface area contributed by atoms with Gasteiger partial charge in [0.25, 0.3) is 0 Å². The lowest BCUT2D eigenvalue weighted by Gasteiger charge is -2.17. The van der Waals surface area contributed by atoms with Gasteiger partial charge >= 0.3 is 6.61 Å². The molecule has 2 aromatic carbocycles. The maximum absolute atomic E-state index is 14.1. The first-order chi connectivity index (χ1) is 14.4. The summed E-state index contributed by atoms with van der Waals surface area (Å²) in [4.78, 5) is 4.08. The highest BCUT2D eigenvalue weighted by molar-refractivity contribution is 5.79. The van der Waals surface area contributed by atoms with E-state index in [0.29, 0.717) is 25.7 Å². The van der Waals surface area contributed by atoms with Crippen molar-refractivity contribution >= 4 is 5.96 Å². The Bertz CT molecular complexity index is 847. The smallest absolute Gasteiger partial charge is 0.387 e. The van der Waals surface area contributed by atoms with E-state index in [1.165, 1.54) is 18.2 Å². The summed E-state index contributed by atoms with van der Waals surface area (Å²) in [5, 5.41) is 6.01. The normalized spacial score (nSPS) is 11.5. The number of aliphatic imine (C=N–C) groups is 1. The maximum Gasteiger partial charge on any atom is 0.387 e. The van der Waals surface area contributed by atoms with Crippen LogP contribution in [0.5, 0.6) is 11.5 Å². The van der Waals surface area contributed by atoms with Gasteiger partial charge in [-0.2, -0.15) is 8.78 Å². The van der Waals surface area contributed by atoms with Crippen LogP contribution in [0.3, 0.4) is 0 Å². The zero-order valence-electron chi connectivity index (χ0n) is 17.2. The zero-order valence-corrected chi connectivity index (χ0v) is 17.2. The minimum absolute atomic E-state index is 0.0142. The number of halogens is 3. The Morgan fingerprint density at radius 1 is 1.07 bits per heavy atom. The average Bonchev–Trinajstić information content (AvgIpc) is 2.70. The van der Waals surface area contributed by atoms with Crippen LogP contribution in [-0.4, -0.2) is 39.9 Å². The molecule has 0 saturated heterocycles. The second kappa shape index (κ2) is 11.9. The molecule has 30 heavy (non-hydrogen) atoms. The summed E-state index contributed by atoms with van der Waals surface area (Å²) < 4.78 is 54.4. The van der Waals surface area contributed by atoms with E-state index in [9.17, 15) is 13.2 Å². The van der Waals surface area contributed by atoms with Crippen LogP contribution in [-0.2, 0) is 17.8 Å². The third kappa shape index (κ3) is 7.14. The van der Waals surface area contributed by atoms with Crippen LogP contribution >= 0.6 is 0 Å². The Morgan fingerprint density at radius 3 is 2.53 bits per heavy atom. The van der Waals surface area contributed by atoms with Crippen LogP contribution in [0, 0.1) is 12.7 Å². The first-order valence-electron chi connectivity index (χ1n) is 9.32. The van der Waals surface area contributed by atoms with Crippen molar-refractivity contribution < 1.29 is 27.4 Å². The van der Waals surface area contributed by atoms with E-state index in [-0.39, 0.29) is 17.9 Å². The summed E-state index contributed by atoms with van der Waals surface area (Å²) in [5.41, 5.74) is 1.94. The molecule has 0 saturated carbocycles. The quantitative estimate of drug-likeness (QED) is 0.346. The molecule has 0 aliphatic heterocycles. The third-order valence-electron chi connectivity index (χ3n) is 4.16. The SMILES string of the molecule is CN=C(NCc1ccc(C)cc1OCCOC)NCc1c(F)cccc1OC(F)F. The number of guanidine groups is 1. The summed E-state index contributed by atoms with van der Waals surface area (Å²) in [6.45, 7) is 0.116. The molecule has 2 aromatic rings. The number of hydrogen-bond acceptors (Lipinski definition) is 4. The van der Waals surface area contributed by atoms with E-state index < -0.39 is 12.4 Å². The van der Waals surface area contributed by atoms with Gasteiger partial charge in [0.1, 0.15) is 23.9 Å². The van der Waals surface area contributed by atoms with Crippen molar-refractivity contribution in [2.45, 2.75) is 26.6 Å². The number of alkyl halides is 2. The van der Waals surface area contributed by atoms with Gasteiger partial charge in [0, 0.05) is 38.4 Å². The van der Waals surface area contributed by atoms with Gasteiger partial charge in [-0.05, 0) is 30.7 Å². The van der Waals surface area contributed by atoms with Crippen LogP contribution in [0.15, 0.2) is 41.4 Å². The number of rotatable bonds is 10. The highest BCUT2D eigenvalue weighted by Gasteiger charge is 2.14. The van der Waals surface area contributed by atoms with Gasteiger partial charge in [-0.25, -0.2) is 4.39 Å². The summed E-state index contributed by atoms with van der Waals surface area (Å²) in [5.74, 6) is 0.213. The standard InChI is InChI=1S/C21H26F3N3O3/c1-14-7-8-15(19(11-14)29-10-9-28-3)12-26-21(25-2)27-13-16-17(22)5-4-6-18(16)30-20(23)24/h4-8,11,20H,9-10,12-13H2,1-3H3,(H2,25,26,27). The van der Waals surface area contributed by atoms with Crippen molar-refractivity contribution in [1.82, 2.24) is 10.6 Å². The molecule has 0 aliphatic carbocycles. The molecule has 0 amide bonds. The summed E-state index contributed by atoms with van der Waals surface area (Å²) in [6.07, 6.45) is 0. The summed E-state index contributed by atoms with van der Waals surface area (Å²) >= 11 is 0. The van der Waals surface area contributed by atoms with Gasteiger partial charge < -0.3 is 24.8 Å². The molecule has 0 radical (unpaired) electrons. The molecule has 0 spiro atoms. The molecule has 164 valence electrons. The highest BCUT2D eigenvalue weighted by Crippen LogP contribution is 2.23. The minimum Gasteiger partial charge on any atom is -0.491 e. The van der Waals surface area contributed by atoms with Gasteiger partial charge in [-0.1, -0.05) is 18.2 Å². The Labute approximate surface area is 174 Å². The van der Waals surface area contributed by atoms with Gasteiger partial charge in [-0.3, -0.25) is 4.99 Å². The molecule has 0 atom stereocenters. The molecular weight excluding hydrogens is 399 g/mol. The van der Waals surface area contributed by atoms with Crippen LogP contribution < -0.4 is 20.1 Å². The monoisotopic (exact) mass is 425 g/mol. The lowest BCUT2D eigenvalue weighted by molar-refractivity contribution is -0.0506. The Hall–Kier alpha value is -2.94. The van der Waals surface area contributed by atoms with E-state index in [1.807, 2.05) is 25.1 Å². The topological polar surface area (TPSA) is 64.1 Å². The van der Waals surface area contributed by atoms with E-state index in [1.54, 1.807) is 14.2 Å². The lowest BCUT2D eigenvalue weighted by Crippen LogP contribution is -2.36. The second-order valence-electron chi connectivity index (χ2n) is 6.33. The molecule has 2 N–H and O–H groups in total. The van der Waals surface area contributed by atoms with E-state index >= 15 is 0 Å². The fourth-order valence-corrected chi connectivity index (χ4v) is 2.67. The van der Waals surface area contributed by atoms with Crippen molar-refractivity contribution in [3.05, 3.63) is 58.9 Å². The van der Waals surface area contributed by atoms with E-state index in [4.69, 9.17) is 9.47 Å². The second-order valence-corrected chi connectivity index (χ2v) is 6.33. The summed E-state index contributed by atoms with van der Waals surface area (Å²) in [7, 11) is 3.16. The first-order valence-corrected chi connectivity index (χ1v) is 9.32. The van der Waals surface area contributed by atoms with Crippen LogP contribution in [0.2, 0.25) is 0 Å². The molecule has 0 unspecified atom stereocenters. The molecule has 0 bridgehead atoms. The number of aryl methyl sites for hydroxylation is 1. The van der Waals surface area contributed by atoms with Crippen molar-refractivity contribution in [3.63, 3.8) is 0 Å². The first kappa shape index (κ1) is 23.3. The summed E-state index contributed by atoms with van der Waals surface area (Å²) in [6, 6.07) is 9.61. The molecule has 0 heterocycles. The lowest BCUT2D eigenvalue weighted by atomic mass is 10.1. The van der Waals surface area contributed by atoms with E-state index in [2.05, 4.69) is 20.4 Å². The Kier molecular flexibility index (Phi) is 9.27. The molecule has 0 fully saturated rings. The predicted octanol–water partition coefficient (Wildman–Crippen LogP) is 3.63. The molecule has 2 rings (SSSR count). The third-order valence-corrected chi connectivity index (χ3v) is 4.16. The number of nitrogens with one attached hydrogen (secondary N) is 2. The van der Waals surface area contributed by atoms with Gasteiger partial charge in [0.2, 0.25) is 0 Å². The zero-order chi connectivity index (χ0) is 21.9. The van der Waals surface area contributed by atoms with Crippen molar-refractivity contribution in [3.8, 4) is 11.5 Å². The van der Waals surface area contributed by atoms with Crippen molar-refractivity contribution in [2.75, 3.05) is 27.4 Å². The van der Waals surface area contributed by atoms with Gasteiger partial charge in [-0.15, -0.1) is 0 Å². The fraction of sp³-hybridized carbons (Fsp3) is 0.381. The molecule has 0 aliphatic rings. The number of nitrogens with zero attached hydrogens (tertiary/aromatic N) is 1. The van der Waals surface area contributed by atoms with Crippen LogP contribution in [0.25, 0.3) is 0 Å². The van der Waals surface area contributed by atoms with Gasteiger partial charge in [0.15, 0.2) is 5.96 Å².